The average Bonchev–Trinajstić information content (AvgIpc) is 3.05. The molecule has 0 unspecified atom stereocenters. The maximum absolute atomic E-state index is 12.7. The first-order chi connectivity index (χ1) is 15.3. The summed E-state index contributed by atoms with van der Waals surface area (Å²) in [6.45, 7) is -0.500. The van der Waals surface area contributed by atoms with Crippen molar-refractivity contribution in [2.75, 3.05) is 16.8 Å². The fraction of sp³-hybridized carbons (Fsp3) is 0.217. The number of imide groups is 1. The lowest BCUT2D eigenvalue weighted by Gasteiger charge is -2.15. The Balaban J connectivity index is 1.35. The summed E-state index contributed by atoms with van der Waals surface area (Å²) in [5.41, 5.74) is 1.01. The van der Waals surface area contributed by atoms with Gasteiger partial charge >= 0.3 is 5.97 Å². The third-order valence-corrected chi connectivity index (χ3v) is 6.15. The molecule has 1 heterocycles. The summed E-state index contributed by atoms with van der Waals surface area (Å²) in [6, 6.07) is 10.5. The summed E-state index contributed by atoms with van der Waals surface area (Å²) in [5, 5.41) is 3.19. The van der Waals surface area contributed by atoms with E-state index in [0.29, 0.717) is 29.2 Å². The van der Waals surface area contributed by atoms with Crippen LogP contribution in [0.2, 0.25) is 10.0 Å². The maximum atomic E-state index is 12.7. The quantitative estimate of drug-likeness (QED) is 0.398. The minimum absolute atomic E-state index is 0.189. The molecule has 1 saturated heterocycles. The summed E-state index contributed by atoms with van der Waals surface area (Å²) in [4.78, 5) is 50.8. The van der Waals surface area contributed by atoms with Gasteiger partial charge in [-0.05, 0) is 55.3 Å². The third kappa shape index (κ3) is 4.40. The minimum atomic E-state index is -0.710. The highest BCUT2D eigenvalue weighted by atomic mass is 35.5. The number of hydrogen-bond acceptors (Lipinski definition) is 5. The molecule has 0 spiro atoms. The smallest absolute Gasteiger partial charge is 0.338 e. The molecule has 4 rings (SSSR count). The Kier molecular flexibility index (Phi) is 6.30. The number of fused-ring (bicyclic) bond motifs is 1. The molecule has 2 atom stereocenters. The molecule has 0 saturated carbocycles. The molecule has 1 fully saturated rings. The Morgan fingerprint density at radius 2 is 1.56 bits per heavy atom. The van der Waals surface area contributed by atoms with Crippen LogP contribution in [0.25, 0.3) is 0 Å². The zero-order valence-electron chi connectivity index (χ0n) is 16.7. The van der Waals surface area contributed by atoms with Gasteiger partial charge in [0.25, 0.3) is 5.91 Å². The summed E-state index contributed by atoms with van der Waals surface area (Å²) in [5.74, 6) is -2.36. The van der Waals surface area contributed by atoms with E-state index in [1.54, 1.807) is 6.07 Å². The van der Waals surface area contributed by atoms with E-state index in [1.807, 2.05) is 12.2 Å². The molecule has 2 aliphatic rings. The van der Waals surface area contributed by atoms with Gasteiger partial charge < -0.3 is 10.1 Å². The van der Waals surface area contributed by atoms with Crippen LogP contribution in [0.1, 0.15) is 23.2 Å². The van der Waals surface area contributed by atoms with Gasteiger partial charge in [0.2, 0.25) is 11.8 Å². The zero-order valence-corrected chi connectivity index (χ0v) is 18.2. The molecule has 0 bridgehead atoms. The van der Waals surface area contributed by atoms with E-state index in [1.165, 1.54) is 41.3 Å². The Bertz CT molecular complexity index is 1100. The van der Waals surface area contributed by atoms with Crippen LogP contribution in [0.3, 0.4) is 0 Å². The number of benzene rings is 2. The van der Waals surface area contributed by atoms with Crippen LogP contribution >= 0.6 is 23.2 Å². The van der Waals surface area contributed by atoms with Gasteiger partial charge in [-0.25, -0.2) is 4.79 Å². The van der Waals surface area contributed by atoms with E-state index >= 15 is 0 Å². The molecule has 1 N–H and O–H groups in total. The van der Waals surface area contributed by atoms with E-state index in [2.05, 4.69) is 5.32 Å². The van der Waals surface area contributed by atoms with Gasteiger partial charge in [0, 0.05) is 5.69 Å². The van der Waals surface area contributed by atoms with Crippen molar-refractivity contribution in [3.05, 3.63) is 70.2 Å². The highest BCUT2D eigenvalue weighted by Crippen LogP contribution is 2.37. The molecule has 32 heavy (non-hydrogen) atoms. The molecule has 2 aromatic carbocycles. The number of carbonyl (C=O) groups is 4. The highest BCUT2D eigenvalue weighted by Gasteiger charge is 2.47. The normalized spacial score (nSPS) is 19.6. The molecule has 3 amide bonds. The van der Waals surface area contributed by atoms with Crippen LogP contribution in [0, 0.1) is 11.8 Å². The van der Waals surface area contributed by atoms with E-state index in [9.17, 15) is 19.2 Å². The van der Waals surface area contributed by atoms with E-state index in [4.69, 9.17) is 27.9 Å². The number of halogens is 2. The molecule has 0 radical (unpaired) electrons. The topological polar surface area (TPSA) is 92.8 Å². The molecule has 0 aromatic heterocycles. The summed E-state index contributed by atoms with van der Waals surface area (Å²) < 4.78 is 5.04. The second kappa shape index (κ2) is 9.14. The van der Waals surface area contributed by atoms with Crippen molar-refractivity contribution in [2.45, 2.75) is 12.8 Å². The third-order valence-electron chi connectivity index (χ3n) is 5.41. The highest BCUT2D eigenvalue weighted by molar-refractivity contribution is 6.42. The number of esters is 1. The number of allylic oxidation sites excluding steroid dienone is 2. The number of rotatable bonds is 5. The van der Waals surface area contributed by atoms with Gasteiger partial charge in [0.15, 0.2) is 6.61 Å². The van der Waals surface area contributed by atoms with Crippen LogP contribution < -0.4 is 10.2 Å². The van der Waals surface area contributed by atoms with Crippen molar-refractivity contribution in [2.24, 2.45) is 11.8 Å². The zero-order chi connectivity index (χ0) is 22.8. The Labute approximate surface area is 193 Å². The second-order valence-electron chi connectivity index (χ2n) is 7.47. The lowest BCUT2D eigenvalue weighted by atomic mass is 9.85. The molecule has 9 heteroatoms. The summed E-state index contributed by atoms with van der Waals surface area (Å²) in [7, 11) is 0. The number of nitrogens with zero attached hydrogens (tertiary/aromatic N) is 1. The van der Waals surface area contributed by atoms with Crippen LogP contribution in [0.15, 0.2) is 54.6 Å². The number of nitrogens with one attached hydrogen (secondary N) is 1. The first-order valence-corrected chi connectivity index (χ1v) is 10.7. The van der Waals surface area contributed by atoms with Gasteiger partial charge in [-0.15, -0.1) is 0 Å². The minimum Gasteiger partial charge on any atom is -0.452 e. The number of carbonyl (C=O) groups excluding carboxylic acids is 4. The Morgan fingerprint density at radius 1 is 0.938 bits per heavy atom. The number of anilines is 2. The number of ether oxygens (including phenoxy) is 1. The summed E-state index contributed by atoms with van der Waals surface area (Å²) >= 11 is 11.7. The lowest BCUT2D eigenvalue weighted by Crippen LogP contribution is -2.30. The largest absolute Gasteiger partial charge is 0.452 e. The molecule has 1 aliphatic carbocycles. The fourth-order valence-electron chi connectivity index (χ4n) is 3.79. The van der Waals surface area contributed by atoms with E-state index in [-0.39, 0.29) is 34.2 Å². The van der Waals surface area contributed by atoms with Gasteiger partial charge in [-0.1, -0.05) is 35.4 Å². The summed E-state index contributed by atoms with van der Waals surface area (Å²) in [6.07, 6.45) is 4.96. The number of hydrogen-bond donors (Lipinski definition) is 1. The maximum Gasteiger partial charge on any atom is 0.338 e. The van der Waals surface area contributed by atoms with Crippen molar-refractivity contribution in [3.63, 3.8) is 0 Å². The Hall–Kier alpha value is -3.16. The van der Waals surface area contributed by atoms with Gasteiger partial charge in [-0.3, -0.25) is 19.3 Å². The van der Waals surface area contributed by atoms with Crippen molar-refractivity contribution >= 4 is 58.3 Å². The van der Waals surface area contributed by atoms with Gasteiger partial charge in [0.05, 0.1) is 33.1 Å². The molecule has 7 nitrogen and oxygen atoms in total. The Morgan fingerprint density at radius 3 is 2.16 bits per heavy atom. The first-order valence-electron chi connectivity index (χ1n) is 9.90. The molecular weight excluding hydrogens is 455 g/mol. The number of amides is 3. The van der Waals surface area contributed by atoms with Crippen LogP contribution in [-0.4, -0.2) is 30.3 Å². The molecule has 164 valence electrons. The SMILES string of the molecule is O=C(COC(=O)c1ccc(N2C(=O)[C@H]3CC=CC[C@@H]3C2=O)cc1)Nc1ccc(Cl)c(Cl)c1. The van der Waals surface area contributed by atoms with Gasteiger partial charge in [-0.2, -0.15) is 0 Å². The van der Waals surface area contributed by atoms with Crippen LogP contribution in [0.5, 0.6) is 0 Å². The van der Waals surface area contributed by atoms with Crippen LogP contribution in [0.4, 0.5) is 11.4 Å². The van der Waals surface area contributed by atoms with Crippen LogP contribution in [-0.2, 0) is 19.1 Å². The molecule has 2 aromatic rings. The lowest BCUT2D eigenvalue weighted by molar-refractivity contribution is -0.122. The van der Waals surface area contributed by atoms with Crippen molar-refractivity contribution in [1.29, 1.82) is 0 Å². The molecule has 1 aliphatic heterocycles. The predicted molar refractivity (Wildman–Crippen MR) is 120 cm³/mol. The second-order valence-corrected chi connectivity index (χ2v) is 8.28. The van der Waals surface area contributed by atoms with Crippen molar-refractivity contribution < 1.29 is 23.9 Å². The first kappa shape index (κ1) is 22.0. The standard InChI is InChI=1S/C23H18Cl2N2O5/c24-18-10-7-14(11-19(18)25)26-20(28)12-32-23(31)13-5-8-15(9-6-13)27-21(29)16-3-1-2-4-17(16)22(27)30/h1-2,5-11,16-17H,3-4,12H2,(H,26,28)/t16-,17-/m0/s1. The van der Waals surface area contributed by atoms with E-state index in [0.717, 1.165) is 0 Å². The molecular formula is C23H18Cl2N2O5. The average molecular weight is 473 g/mol. The van der Waals surface area contributed by atoms with Crippen molar-refractivity contribution in [3.8, 4) is 0 Å². The van der Waals surface area contributed by atoms with E-state index < -0.39 is 18.5 Å². The predicted octanol–water partition coefficient (Wildman–Crippen LogP) is 4.24. The van der Waals surface area contributed by atoms with Gasteiger partial charge in [0.1, 0.15) is 0 Å². The fourth-order valence-corrected chi connectivity index (χ4v) is 4.08. The van der Waals surface area contributed by atoms with Crippen molar-refractivity contribution in [1.82, 2.24) is 0 Å². The monoisotopic (exact) mass is 472 g/mol.